The summed E-state index contributed by atoms with van der Waals surface area (Å²) in [4.78, 5) is 20.6. The van der Waals surface area contributed by atoms with Crippen molar-refractivity contribution in [3.05, 3.63) is 23.9 Å². The van der Waals surface area contributed by atoms with Gasteiger partial charge in [-0.3, -0.25) is 4.79 Å². The lowest BCUT2D eigenvalue weighted by Crippen LogP contribution is -2.49. The van der Waals surface area contributed by atoms with Crippen molar-refractivity contribution in [1.29, 1.82) is 0 Å². The molecule has 1 aromatic heterocycles. The Bertz CT molecular complexity index is 745. The number of sulfonamides is 1. The monoisotopic (exact) mass is 380 g/mol. The van der Waals surface area contributed by atoms with E-state index in [0.29, 0.717) is 30.8 Å². The first-order valence-electron chi connectivity index (χ1n) is 9.30. The van der Waals surface area contributed by atoms with Gasteiger partial charge in [0.15, 0.2) is 0 Å². The largest absolute Gasteiger partial charge is 0.363 e. The summed E-state index contributed by atoms with van der Waals surface area (Å²) in [7, 11) is 0.338. The lowest BCUT2D eigenvalue weighted by molar-refractivity contribution is 0.0726. The van der Waals surface area contributed by atoms with Gasteiger partial charge in [0.2, 0.25) is 10.0 Å². The highest BCUT2D eigenvalue weighted by Gasteiger charge is 2.34. The summed E-state index contributed by atoms with van der Waals surface area (Å²) in [6.45, 7) is 0.842. The molecule has 1 saturated heterocycles. The lowest BCUT2D eigenvalue weighted by atomic mass is 10.1. The van der Waals surface area contributed by atoms with Crippen LogP contribution in [0.25, 0.3) is 0 Å². The van der Waals surface area contributed by atoms with Crippen LogP contribution in [0.4, 0.5) is 5.82 Å². The van der Waals surface area contributed by atoms with Crippen LogP contribution >= 0.6 is 0 Å². The fraction of sp³-hybridized carbons (Fsp3) is 0.667. The number of aromatic nitrogens is 1. The van der Waals surface area contributed by atoms with Gasteiger partial charge in [0, 0.05) is 45.0 Å². The van der Waals surface area contributed by atoms with Crippen molar-refractivity contribution in [3.63, 3.8) is 0 Å². The molecule has 2 aliphatic rings. The van der Waals surface area contributed by atoms with Gasteiger partial charge in [0.05, 0.1) is 5.25 Å². The standard InChI is InChI=1S/C18H28N4O3S/c1-21(2)17-12-14(9-10-19-17)18(23)22-11-5-8-16(13-22)26(24,25)20-15-6-3-4-7-15/h9-10,12,15-16,20H,3-8,11,13H2,1-2H3. The Hall–Kier alpha value is -1.67. The number of anilines is 1. The maximum Gasteiger partial charge on any atom is 0.254 e. The number of hydrogen-bond donors (Lipinski definition) is 1. The van der Waals surface area contributed by atoms with E-state index < -0.39 is 15.3 Å². The third-order valence-corrected chi connectivity index (χ3v) is 7.17. The number of rotatable bonds is 5. The molecule has 8 heteroatoms. The molecule has 0 radical (unpaired) electrons. The molecule has 3 rings (SSSR count). The fourth-order valence-electron chi connectivity index (χ4n) is 3.73. The summed E-state index contributed by atoms with van der Waals surface area (Å²) in [6.07, 6.45) is 6.91. The van der Waals surface area contributed by atoms with Gasteiger partial charge in [-0.05, 0) is 37.8 Å². The van der Waals surface area contributed by atoms with Crippen molar-refractivity contribution in [2.75, 3.05) is 32.1 Å². The van der Waals surface area contributed by atoms with Gasteiger partial charge in [-0.25, -0.2) is 18.1 Å². The van der Waals surface area contributed by atoms with Crippen molar-refractivity contribution >= 4 is 21.7 Å². The summed E-state index contributed by atoms with van der Waals surface area (Å²) < 4.78 is 28.3. The highest BCUT2D eigenvalue weighted by molar-refractivity contribution is 7.90. The molecule has 7 nitrogen and oxygen atoms in total. The number of carbonyl (C=O) groups is 1. The molecule has 0 spiro atoms. The molecule has 1 N–H and O–H groups in total. The average molecular weight is 381 g/mol. The average Bonchev–Trinajstić information content (AvgIpc) is 3.13. The van der Waals surface area contributed by atoms with Crippen molar-refractivity contribution in [2.24, 2.45) is 0 Å². The van der Waals surface area contributed by atoms with Gasteiger partial charge in [-0.2, -0.15) is 0 Å². The van der Waals surface area contributed by atoms with Gasteiger partial charge < -0.3 is 9.80 Å². The van der Waals surface area contributed by atoms with Crippen molar-refractivity contribution in [3.8, 4) is 0 Å². The molecule has 1 atom stereocenters. The number of carbonyl (C=O) groups excluding carboxylic acids is 1. The second kappa shape index (κ2) is 7.92. The van der Waals surface area contributed by atoms with Crippen LogP contribution in [0.3, 0.4) is 0 Å². The van der Waals surface area contributed by atoms with Crippen LogP contribution in [-0.2, 0) is 10.0 Å². The van der Waals surface area contributed by atoms with Crippen molar-refractivity contribution in [2.45, 2.75) is 49.8 Å². The van der Waals surface area contributed by atoms with E-state index in [-0.39, 0.29) is 18.5 Å². The minimum absolute atomic E-state index is 0.0638. The van der Waals surface area contributed by atoms with Gasteiger partial charge in [-0.1, -0.05) is 12.8 Å². The molecule has 144 valence electrons. The molecule has 26 heavy (non-hydrogen) atoms. The molecule has 1 aliphatic heterocycles. The highest BCUT2D eigenvalue weighted by atomic mass is 32.2. The van der Waals surface area contributed by atoms with Crippen molar-refractivity contribution in [1.82, 2.24) is 14.6 Å². The van der Waals surface area contributed by atoms with E-state index in [1.54, 1.807) is 23.2 Å². The Balaban J connectivity index is 1.69. The molecule has 2 fully saturated rings. The molecule has 1 aromatic rings. The van der Waals surface area contributed by atoms with E-state index in [4.69, 9.17) is 0 Å². The number of nitrogens with one attached hydrogen (secondary N) is 1. The Labute approximate surface area is 155 Å². The molecule has 2 heterocycles. The lowest BCUT2D eigenvalue weighted by Gasteiger charge is -2.33. The van der Waals surface area contributed by atoms with Gasteiger partial charge >= 0.3 is 0 Å². The third-order valence-electron chi connectivity index (χ3n) is 5.24. The van der Waals surface area contributed by atoms with E-state index in [0.717, 1.165) is 25.7 Å². The summed E-state index contributed by atoms with van der Waals surface area (Å²) in [5, 5.41) is -0.532. The number of amides is 1. The highest BCUT2D eigenvalue weighted by Crippen LogP contribution is 2.23. The summed E-state index contributed by atoms with van der Waals surface area (Å²) in [6, 6.07) is 3.50. The van der Waals surface area contributed by atoms with E-state index in [1.165, 1.54) is 0 Å². The number of hydrogen-bond acceptors (Lipinski definition) is 5. The zero-order valence-corrected chi connectivity index (χ0v) is 16.3. The normalized spacial score (nSPS) is 21.8. The molecule has 1 unspecified atom stereocenters. The SMILES string of the molecule is CN(C)c1cc(C(=O)N2CCCC(S(=O)(=O)NC3CCCC3)C2)ccn1. The van der Waals surface area contributed by atoms with Crippen molar-refractivity contribution < 1.29 is 13.2 Å². The summed E-state index contributed by atoms with van der Waals surface area (Å²) in [5.74, 6) is 0.580. The van der Waals surface area contributed by atoms with Crippen LogP contribution in [-0.4, -0.2) is 62.7 Å². The van der Waals surface area contributed by atoms with Crippen LogP contribution in [0.5, 0.6) is 0 Å². The number of nitrogens with zero attached hydrogens (tertiary/aromatic N) is 3. The quantitative estimate of drug-likeness (QED) is 0.839. The molecule has 1 saturated carbocycles. The van der Waals surface area contributed by atoms with Gasteiger partial charge in [0.25, 0.3) is 5.91 Å². The molecule has 1 aliphatic carbocycles. The summed E-state index contributed by atoms with van der Waals surface area (Å²) in [5.41, 5.74) is 0.547. The first-order chi connectivity index (χ1) is 12.4. The van der Waals surface area contributed by atoms with Crippen LogP contribution in [0.1, 0.15) is 48.9 Å². The maximum atomic E-state index is 12.9. The van der Waals surface area contributed by atoms with E-state index in [2.05, 4.69) is 9.71 Å². The Morgan fingerprint density at radius 1 is 1.23 bits per heavy atom. The molecule has 1 amide bonds. The predicted octanol–water partition coefficient (Wildman–Crippen LogP) is 1.61. The number of piperidine rings is 1. The zero-order valence-electron chi connectivity index (χ0n) is 15.5. The van der Waals surface area contributed by atoms with Crippen LogP contribution in [0, 0.1) is 0 Å². The molecular weight excluding hydrogens is 352 g/mol. The first-order valence-corrected chi connectivity index (χ1v) is 10.9. The zero-order chi connectivity index (χ0) is 18.7. The van der Waals surface area contributed by atoms with Crippen LogP contribution in [0.15, 0.2) is 18.3 Å². The molecule has 0 bridgehead atoms. The first kappa shape index (κ1) is 19.1. The minimum Gasteiger partial charge on any atom is -0.363 e. The Morgan fingerprint density at radius 3 is 2.65 bits per heavy atom. The van der Waals surface area contributed by atoms with E-state index in [9.17, 15) is 13.2 Å². The summed E-state index contributed by atoms with van der Waals surface area (Å²) >= 11 is 0. The van der Waals surface area contributed by atoms with Crippen LogP contribution in [0.2, 0.25) is 0 Å². The fourth-order valence-corrected chi connectivity index (χ4v) is 5.47. The predicted molar refractivity (Wildman–Crippen MR) is 102 cm³/mol. The van der Waals surface area contributed by atoms with Crippen LogP contribution < -0.4 is 9.62 Å². The molecule has 0 aromatic carbocycles. The third kappa shape index (κ3) is 4.35. The second-order valence-corrected chi connectivity index (χ2v) is 9.45. The maximum absolute atomic E-state index is 12.9. The van der Waals surface area contributed by atoms with E-state index >= 15 is 0 Å². The van der Waals surface area contributed by atoms with Gasteiger partial charge in [-0.15, -0.1) is 0 Å². The number of pyridine rings is 1. The Morgan fingerprint density at radius 2 is 1.96 bits per heavy atom. The topological polar surface area (TPSA) is 82.6 Å². The Kier molecular flexibility index (Phi) is 5.82. The molecular formula is C18H28N4O3S. The number of likely N-dealkylation sites (tertiary alicyclic amines) is 1. The smallest absolute Gasteiger partial charge is 0.254 e. The van der Waals surface area contributed by atoms with E-state index in [1.807, 2.05) is 19.0 Å². The second-order valence-electron chi connectivity index (χ2n) is 7.46. The minimum atomic E-state index is -3.40. The van der Waals surface area contributed by atoms with Gasteiger partial charge in [0.1, 0.15) is 5.82 Å².